The van der Waals surface area contributed by atoms with Crippen LogP contribution in [0.25, 0.3) is 0 Å². The molecule has 3 nitrogen and oxygen atoms in total. The molecule has 1 aromatic heterocycles. The summed E-state index contributed by atoms with van der Waals surface area (Å²) in [4.78, 5) is 11.5. The molecule has 0 aromatic carbocycles. The van der Waals surface area contributed by atoms with E-state index in [0.717, 1.165) is 6.08 Å². The first kappa shape index (κ1) is 11.8. The van der Waals surface area contributed by atoms with E-state index in [-0.39, 0.29) is 0 Å². The largest absolute Gasteiger partial charge is 0.469 e. The van der Waals surface area contributed by atoms with Gasteiger partial charge in [0.05, 0.1) is 6.26 Å². The molecule has 0 saturated heterocycles. The van der Waals surface area contributed by atoms with Crippen LogP contribution in [-0.4, -0.2) is 12.1 Å². The van der Waals surface area contributed by atoms with Crippen molar-refractivity contribution in [2.75, 3.05) is 0 Å². The minimum Gasteiger partial charge on any atom is -0.469 e. The van der Waals surface area contributed by atoms with Crippen LogP contribution < -0.4 is 5.32 Å². The molecule has 0 spiro atoms. The number of allylic oxidation sites excluding steroid dienone is 2. The van der Waals surface area contributed by atoms with Crippen molar-refractivity contribution < 1.29 is 22.4 Å². The zero-order chi connectivity index (χ0) is 12.6. The highest BCUT2D eigenvalue weighted by Gasteiger charge is 2.41. The molecule has 0 saturated carbocycles. The molecule has 0 radical (unpaired) electrons. The van der Waals surface area contributed by atoms with Crippen LogP contribution in [0, 0.1) is 5.92 Å². The van der Waals surface area contributed by atoms with Gasteiger partial charge in [-0.05, 0) is 18.2 Å². The number of hydrogen-bond acceptors (Lipinski definition) is 2. The van der Waals surface area contributed by atoms with Crippen LogP contribution in [0.2, 0.25) is 0 Å². The first-order valence-corrected chi connectivity index (χ1v) is 5.03. The van der Waals surface area contributed by atoms with Crippen molar-refractivity contribution in [1.82, 2.24) is 5.32 Å². The molecule has 1 N–H and O–H groups in total. The van der Waals surface area contributed by atoms with Crippen molar-refractivity contribution in [3.63, 3.8) is 0 Å². The third-order valence-electron chi connectivity index (χ3n) is 2.73. The molecular weight excluding hydrogens is 235 g/mol. The van der Waals surface area contributed by atoms with E-state index in [1.807, 2.05) is 5.32 Å². The predicted octanol–water partition coefficient (Wildman–Crippen LogP) is 2.58. The van der Waals surface area contributed by atoms with Crippen molar-refractivity contribution in [2.24, 2.45) is 5.92 Å². The smallest absolute Gasteiger partial charge is 0.431 e. The summed E-state index contributed by atoms with van der Waals surface area (Å²) in [5.74, 6) is -1.57. The topological polar surface area (TPSA) is 42.2 Å². The molecule has 17 heavy (non-hydrogen) atoms. The van der Waals surface area contributed by atoms with Crippen molar-refractivity contribution in [3.8, 4) is 0 Å². The maximum atomic E-state index is 12.5. The first-order valence-electron chi connectivity index (χ1n) is 5.03. The number of halogens is 3. The number of alkyl halides is 3. The number of furan rings is 1. The van der Waals surface area contributed by atoms with Gasteiger partial charge in [-0.3, -0.25) is 4.79 Å². The third kappa shape index (κ3) is 2.20. The lowest BCUT2D eigenvalue weighted by atomic mass is 9.87. The number of carbonyl (C=O) groups is 1. The van der Waals surface area contributed by atoms with Crippen molar-refractivity contribution in [1.29, 1.82) is 0 Å². The van der Waals surface area contributed by atoms with E-state index >= 15 is 0 Å². The highest BCUT2D eigenvalue weighted by Crippen LogP contribution is 2.35. The Morgan fingerprint density at radius 2 is 2.12 bits per heavy atom. The summed E-state index contributed by atoms with van der Waals surface area (Å²) in [6, 6.07) is 3.14. The van der Waals surface area contributed by atoms with Gasteiger partial charge in [-0.2, -0.15) is 13.2 Å². The number of amides is 1. The summed E-state index contributed by atoms with van der Waals surface area (Å²) < 4.78 is 42.7. The van der Waals surface area contributed by atoms with Crippen LogP contribution in [0.4, 0.5) is 13.2 Å². The molecule has 2 atom stereocenters. The Morgan fingerprint density at radius 1 is 1.41 bits per heavy atom. The maximum absolute atomic E-state index is 12.5. The third-order valence-corrected chi connectivity index (χ3v) is 2.73. The zero-order valence-electron chi connectivity index (χ0n) is 8.91. The van der Waals surface area contributed by atoms with Gasteiger partial charge >= 0.3 is 6.18 Å². The predicted molar refractivity (Wildman–Crippen MR) is 52.9 cm³/mol. The SMILES string of the molecule is C[C@@H]1C(=O)NC(C(F)(F)F)=C[C@H]1c1ccco1. The molecule has 92 valence electrons. The second-order valence-corrected chi connectivity index (χ2v) is 3.90. The fourth-order valence-electron chi connectivity index (χ4n) is 1.75. The van der Waals surface area contributed by atoms with Gasteiger partial charge in [-0.25, -0.2) is 0 Å². The Balaban J connectivity index is 2.39. The molecule has 0 fully saturated rings. The van der Waals surface area contributed by atoms with Gasteiger partial charge in [-0.15, -0.1) is 0 Å². The summed E-state index contributed by atoms with van der Waals surface area (Å²) in [7, 11) is 0. The Bertz CT molecular complexity index is 448. The fourth-order valence-corrected chi connectivity index (χ4v) is 1.75. The summed E-state index contributed by atoms with van der Waals surface area (Å²) >= 11 is 0. The van der Waals surface area contributed by atoms with Crippen LogP contribution in [0.5, 0.6) is 0 Å². The summed E-state index contributed by atoms with van der Waals surface area (Å²) in [5, 5.41) is 1.85. The van der Waals surface area contributed by atoms with Crippen LogP contribution in [-0.2, 0) is 4.79 Å². The average molecular weight is 245 g/mol. The first-order chi connectivity index (χ1) is 7.89. The van der Waals surface area contributed by atoms with E-state index in [1.54, 1.807) is 19.1 Å². The minimum absolute atomic E-state index is 0.356. The Morgan fingerprint density at radius 3 is 2.65 bits per heavy atom. The molecule has 6 heteroatoms. The zero-order valence-corrected chi connectivity index (χ0v) is 8.91. The molecular formula is C11H10F3NO2. The van der Waals surface area contributed by atoms with E-state index in [9.17, 15) is 18.0 Å². The summed E-state index contributed by atoms with van der Waals surface area (Å²) in [5.41, 5.74) is -1.03. The van der Waals surface area contributed by atoms with Crippen molar-refractivity contribution in [2.45, 2.75) is 19.0 Å². The lowest BCUT2D eigenvalue weighted by molar-refractivity contribution is -0.131. The highest BCUT2D eigenvalue weighted by atomic mass is 19.4. The molecule has 2 rings (SSSR count). The van der Waals surface area contributed by atoms with Gasteiger partial charge in [0.25, 0.3) is 0 Å². The lowest BCUT2D eigenvalue weighted by Crippen LogP contribution is -2.41. The van der Waals surface area contributed by atoms with Gasteiger partial charge in [0, 0.05) is 11.8 Å². The molecule has 1 aliphatic heterocycles. The van der Waals surface area contributed by atoms with E-state index < -0.39 is 29.6 Å². The van der Waals surface area contributed by atoms with Gasteiger partial charge in [0.2, 0.25) is 5.91 Å². The van der Waals surface area contributed by atoms with Crippen LogP contribution in [0.3, 0.4) is 0 Å². The van der Waals surface area contributed by atoms with E-state index in [2.05, 4.69) is 0 Å². The summed E-state index contributed by atoms with van der Waals surface area (Å²) in [6.07, 6.45) is -2.19. The van der Waals surface area contributed by atoms with Crippen LogP contribution >= 0.6 is 0 Å². The number of carbonyl (C=O) groups excluding carboxylic acids is 1. The second kappa shape index (κ2) is 3.94. The van der Waals surface area contributed by atoms with Gasteiger partial charge < -0.3 is 9.73 Å². The molecule has 0 unspecified atom stereocenters. The maximum Gasteiger partial charge on any atom is 0.431 e. The van der Waals surface area contributed by atoms with E-state index in [4.69, 9.17) is 4.42 Å². The van der Waals surface area contributed by atoms with Crippen molar-refractivity contribution in [3.05, 3.63) is 35.9 Å². The van der Waals surface area contributed by atoms with Crippen LogP contribution in [0.15, 0.2) is 34.6 Å². The summed E-state index contributed by atoms with van der Waals surface area (Å²) in [6.45, 7) is 1.56. The molecule has 1 aromatic rings. The number of rotatable bonds is 1. The quantitative estimate of drug-likeness (QED) is 0.826. The standard InChI is InChI=1S/C11H10F3NO2/c1-6-7(8-3-2-4-17-8)5-9(11(12,13)14)15-10(6)16/h2-7H,1H3,(H,15,16)/t6-,7+/m0/s1. The molecule has 0 aliphatic carbocycles. The molecule has 2 heterocycles. The van der Waals surface area contributed by atoms with Crippen molar-refractivity contribution >= 4 is 5.91 Å². The average Bonchev–Trinajstić information content (AvgIpc) is 2.73. The van der Waals surface area contributed by atoms with E-state index in [1.165, 1.54) is 6.26 Å². The Hall–Kier alpha value is -1.72. The van der Waals surface area contributed by atoms with Gasteiger partial charge in [-0.1, -0.05) is 6.92 Å². The van der Waals surface area contributed by atoms with Crippen LogP contribution in [0.1, 0.15) is 18.6 Å². The lowest BCUT2D eigenvalue weighted by Gasteiger charge is -2.27. The Kier molecular flexibility index (Phi) is 2.73. The van der Waals surface area contributed by atoms with Gasteiger partial charge in [0.1, 0.15) is 11.5 Å². The van der Waals surface area contributed by atoms with Gasteiger partial charge in [0.15, 0.2) is 0 Å². The second-order valence-electron chi connectivity index (χ2n) is 3.90. The normalized spacial score (nSPS) is 25.4. The van der Waals surface area contributed by atoms with E-state index in [0.29, 0.717) is 5.76 Å². The Labute approximate surface area is 95.3 Å². The highest BCUT2D eigenvalue weighted by molar-refractivity contribution is 5.83. The molecule has 0 bridgehead atoms. The fraction of sp³-hybridized carbons (Fsp3) is 0.364. The number of nitrogens with one attached hydrogen (secondary N) is 1. The molecule has 1 aliphatic rings. The monoisotopic (exact) mass is 245 g/mol. The number of hydrogen-bond donors (Lipinski definition) is 1. The molecule has 1 amide bonds. The minimum atomic E-state index is -4.55.